The van der Waals surface area contributed by atoms with Gasteiger partial charge in [-0.25, -0.2) is 9.78 Å². The lowest BCUT2D eigenvalue weighted by molar-refractivity contribution is -0.127. The van der Waals surface area contributed by atoms with Gasteiger partial charge in [-0.15, -0.1) is 11.3 Å². The van der Waals surface area contributed by atoms with Gasteiger partial charge in [0.2, 0.25) is 5.91 Å². The van der Waals surface area contributed by atoms with Crippen molar-refractivity contribution in [3.05, 3.63) is 22.2 Å². The van der Waals surface area contributed by atoms with Crippen LogP contribution in [0.5, 0.6) is 0 Å². The van der Waals surface area contributed by atoms with Crippen LogP contribution in [0.3, 0.4) is 0 Å². The zero-order valence-corrected chi connectivity index (χ0v) is 13.7. The van der Waals surface area contributed by atoms with Crippen LogP contribution >= 0.6 is 11.3 Å². The third-order valence-corrected chi connectivity index (χ3v) is 4.16. The van der Waals surface area contributed by atoms with E-state index in [0.717, 1.165) is 23.5 Å². The number of aryl methyl sites for hydroxylation is 1. The molecule has 2 heterocycles. The van der Waals surface area contributed by atoms with Gasteiger partial charge < -0.3 is 15.0 Å². The topological polar surface area (TPSA) is 71.5 Å². The van der Waals surface area contributed by atoms with Crippen LogP contribution < -0.4 is 5.32 Å². The highest BCUT2D eigenvalue weighted by molar-refractivity contribution is 7.09. The van der Waals surface area contributed by atoms with Crippen LogP contribution in [-0.2, 0) is 9.53 Å². The van der Waals surface area contributed by atoms with E-state index in [4.69, 9.17) is 4.74 Å². The van der Waals surface area contributed by atoms with Crippen LogP contribution in [0.1, 0.15) is 30.5 Å². The number of piperidine rings is 1. The zero-order chi connectivity index (χ0) is 15.9. The van der Waals surface area contributed by atoms with E-state index in [2.05, 4.69) is 10.3 Å². The first-order valence-corrected chi connectivity index (χ1v) is 8.29. The molecule has 0 bridgehead atoms. The molecule has 1 aromatic heterocycles. The second kappa shape index (κ2) is 7.93. The van der Waals surface area contributed by atoms with Gasteiger partial charge in [0.15, 0.2) is 0 Å². The number of carbonyl (C=O) groups excluding carboxylic acids is 2. The monoisotopic (exact) mass is 323 g/mol. The van der Waals surface area contributed by atoms with Gasteiger partial charge in [0, 0.05) is 30.6 Å². The number of nitrogens with zero attached hydrogens (tertiary/aromatic N) is 2. The molecule has 1 saturated heterocycles. The van der Waals surface area contributed by atoms with Crippen LogP contribution in [-0.4, -0.2) is 47.6 Å². The summed E-state index contributed by atoms with van der Waals surface area (Å²) < 4.78 is 4.87. The SMILES string of the molecule is CCOC(=O)N[C@H]1CCCN(C(=O)/C=C\c2csc(C)n2)C1. The van der Waals surface area contributed by atoms with Gasteiger partial charge in [-0.2, -0.15) is 0 Å². The first kappa shape index (κ1) is 16.5. The molecule has 1 N–H and O–H groups in total. The third kappa shape index (κ3) is 4.84. The fraction of sp³-hybridized carbons (Fsp3) is 0.533. The predicted octanol–water partition coefficient (Wildman–Crippen LogP) is 2.20. The number of hydrogen-bond donors (Lipinski definition) is 1. The minimum absolute atomic E-state index is 0.0494. The maximum absolute atomic E-state index is 12.2. The fourth-order valence-corrected chi connectivity index (χ4v) is 2.93. The largest absolute Gasteiger partial charge is 0.450 e. The van der Waals surface area contributed by atoms with Gasteiger partial charge >= 0.3 is 6.09 Å². The molecular formula is C15H21N3O3S. The predicted molar refractivity (Wildman–Crippen MR) is 85.6 cm³/mol. The summed E-state index contributed by atoms with van der Waals surface area (Å²) in [7, 11) is 0. The van der Waals surface area contributed by atoms with Crippen molar-refractivity contribution in [1.29, 1.82) is 0 Å². The Bertz CT molecular complexity index is 556. The smallest absolute Gasteiger partial charge is 0.407 e. The second-order valence-electron chi connectivity index (χ2n) is 5.11. The van der Waals surface area contributed by atoms with E-state index in [1.165, 1.54) is 0 Å². The molecule has 0 spiro atoms. The molecule has 1 aromatic rings. The van der Waals surface area contributed by atoms with Crippen molar-refractivity contribution in [3.8, 4) is 0 Å². The molecule has 0 aliphatic carbocycles. The Balaban J connectivity index is 1.87. The standard InChI is InChI=1S/C15H21N3O3S/c1-3-21-15(20)17-12-5-4-8-18(9-12)14(19)7-6-13-10-22-11(2)16-13/h6-7,10,12H,3-5,8-9H2,1-2H3,(H,17,20)/b7-6-/t12-/m0/s1. The third-order valence-electron chi connectivity index (χ3n) is 3.36. The molecule has 1 fully saturated rings. The van der Waals surface area contributed by atoms with Crippen LogP contribution in [0.2, 0.25) is 0 Å². The van der Waals surface area contributed by atoms with Gasteiger partial charge in [-0.3, -0.25) is 4.79 Å². The molecule has 0 radical (unpaired) electrons. The average Bonchev–Trinajstić information content (AvgIpc) is 2.91. The maximum atomic E-state index is 12.2. The molecule has 6 nitrogen and oxygen atoms in total. The minimum Gasteiger partial charge on any atom is -0.450 e. The molecule has 7 heteroatoms. The first-order chi connectivity index (χ1) is 10.6. The number of rotatable bonds is 4. The van der Waals surface area contributed by atoms with Crippen LogP contribution in [0.15, 0.2) is 11.5 Å². The zero-order valence-electron chi connectivity index (χ0n) is 12.9. The van der Waals surface area contributed by atoms with Gasteiger partial charge in [-0.1, -0.05) is 0 Å². The lowest BCUT2D eigenvalue weighted by Crippen LogP contribution is -2.49. The minimum atomic E-state index is -0.421. The Hall–Kier alpha value is -1.89. The molecule has 120 valence electrons. The Kier molecular flexibility index (Phi) is 5.94. The number of hydrogen-bond acceptors (Lipinski definition) is 5. The molecular weight excluding hydrogens is 302 g/mol. The number of aromatic nitrogens is 1. The summed E-state index contributed by atoms with van der Waals surface area (Å²) in [6, 6.07) is -0.0494. The number of thiazole rings is 1. The highest BCUT2D eigenvalue weighted by atomic mass is 32.1. The van der Waals surface area contributed by atoms with Gasteiger partial charge in [0.25, 0.3) is 0 Å². The van der Waals surface area contributed by atoms with Gasteiger partial charge in [0.05, 0.1) is 17.3 Å². The second-order valence-corrected chi connectivity index (χ2v) is 6.18. The van der Waals surface area contributed by atoms with Crippen LogP contribution in [0.4, 0.5) is 4.79 Å². The van der Waals surface area contributed by atoms with E-state index in [1.807, 2.05) is 12.3 Å². The first-order valence-electron chi connectivity index (χ1n) is 7.41. The quantitative estimate of drug-likeness (QED) is 0.862. The Labute approximate surface area is 134 Å². The molecule has 1 aliphatic heterocycles. The highest BCUT2D eigenvalue weighted by Gasteiger charge is 2.23. The molecule has 0 unspecified atom stereocenters. The van der Waals surface area contributed by atoms with Gasteiger partial charge in [0.1, 0.15) is 0 Å². The number of alkyl carbamates (subject to hydrolysis) is 1. The van der Waals surface area contributed by atoms with Crippen molar-refractivity contribution in [2.75, 3.05) is 19.7 Å². The van der Waals surface area contributed by atoms with E-state index in [1.54, 1.807) is 35.3 Å². The normalized spacial score (nSPS) is 18.5. The lowest BCUT2D eigenvalue weighted by Gasteiger charge is -2.32. The average molecular weight is 323 g/mol. The van der Waals surface area contributed by atoms with Crippen LogP contribution in [0.25, 0.3) is 6.08 Å². The van der Waals surface area contributed by atoms with Crippen molar-refractivity contribution >= 4 is 29.4 Å². The fourth-order valence-electron chi connectivity index (χ4n) is 2.35. The number of nitrogens with one attached hydrogen (secondary N) is 1. The highest BCUT2D eigenvalue weighted by Crippen LogP contribution is 2.13. The summed E-state index contributed by atoms with van der Waals surface area (Å²) in [5.74, 6) is -0.0546. The van der Waals surface area contributed by atoms with E-state index in [-0.39, 0.29) is 11.9 Å². The number of amides is 2. The Morgan fingerprint density at radius 1 is 1.59 bits per heavy atom. The van der Waals surface area contributed by atoms with Crippen molar-refractivity contribution in [3.63, 3.8) is 0 Å². The number of ether oxygens (including phenoxy) is 1. The van der Waals surface area contributed by atoms with Crippen molar-refractivity contribution in [1.82, 2.24) is 15.2 Å². The summed E-state index contributed by atoms with van der Waals surface area (Å²) in [6.45, 7) is 5.26. The van der Waals surface area contributed by atoms with E-state index in [9.17, 15) is 9.59 Å². The Morgan fingerprint density at radius 2 is 2.41 bits per heavy atom. The molecule has 0 aromatic carbocycles. The molecule has 1 aliphatic rings. The Morgan fingerprint density at radius 3 is 3.09 bits per heavy atom. The lowest BCUT2D eigenvalue weighted by atomic mass is 10.1. The molecule has 2 amide bonds. The van der Waals surface area contributed by atoms with Crippen LogP contribution in [0, 0.1) is 6.92 Å². The van der Waals surface area contributed by atoms with E-state index in [0.29, 0.717) is 19.7 Å². The molecule has 22 heavy (non-hydrogen) atoms. The summed E-state index contributed by atoms with van der Waals surface area (Å²) in [5, 5.41) is 5.68. The summed E-state index contributed by atoms with van der Waals surface area (Å²) in [5.41, 5.74) is 0.800. The number of carbonyl (C=O) groups is 2. The maximum Gasteiger partial charge on any atom is 0.407 e. The van der Waals surface area contributed by atoms with E-state index >= 15 is 0 Å². The summed E-state index contributed by atoms with van der Waals surface area (Å²) in [4.78, 5) is 29.7. The van der Waals surface area contributed by atoms with Gasteiger partial charge in [-0.05, 0) is 32.8 Å². The van der Waals surface area contributed by atoms with Crippen molar-refractivity contribution in [2.45, 2.75) is 32.7 Å². The molecule has 2 rings (SSSR count). The molecule has 0 saturated carbocycles. The summed E-state index contributed by atoms with van der Waals surface area (Å²) in [6.07, 6.45) is 4.58. The number of likely N-dealkylation sites (tertiary alicyclic amines) is 1. The van der Waals surface area contributed by atoms with E-state index < -0.39 is 6.09 Å². The summed E-state index contributed by atoms with van der Waals surface area (Å²) >= 11 is 1.55. The van der Waals surface area contributed by atoms with Crippen molar-refractivity contribution < 1.29 is 14.3 Å². The van der Waals surface area contributed by atoms with Crippen molar-refractivity contribution in [2.24, 2.45) is 0 Å². The molecule has 1 atom stereocenters.